The molecule has 262 valence electrons. The Morgan fingerprint density at radius 3 is 2.38 bits per heavy atom. The molecular formula is C35H46F3N5O5. The average Bonchev–Trinajstić information content (AvgIpc) is 3.58. The van der Waals surface area contributed by atoms with Crippen molar-refractivity contribution in [1.29, 1.82) is 0 Å². The van der Waals surface area contributed by atoms with Crippen LogP contribution in [0.15, 0.2) is 54.7 Å². The third-order valence-corrected chi connectivity index (χ3v) is 8.97. The number of nitrogens with zero attached hydrogens (tertiary/aromatic N) is 4. The summed E-state index contributed by atoms with van der Waals surface area (Å²) in [5.41, 5.74) is -1.05. The van der Waals surface area contributed by atoms with Crippen molar-refractivity contribution in [2.75, 3.05) is 26.8 Å². The average molecular weight is 674 g/mol. The van der Waals surface area contributed by atoms with Gasteiger partial charge in [-0.05, 0) is 49.9 Å². The van der Waals surface area contributed by atoms with Crippen LogP contribution in [-0.2, 0) is 11.3 Å². The Bertz CT molecular complexity index is 1580. The second-order valence-electron chi connectivity index (χ2n) is 14.0. The molecule has 1 aromatic heterocycles. The Morgan fingerprint density at radius 2 is 1.79 bits per heavy atom. The van der Waals surface area contributed by atoms with Gasteiger partial charge in [-0.2, -0.15) is 0 Å². The molecule has 1 aliphatic rings. The minimum absolute atomic E-state index is 0.0912. The van der Waals surface area contributed by atoms with Gasteiger partial charge in [0, 0.05) is 43.9 Å². The standard InChI is InChI=1S/C35H46F3N5O5/c1-21(20-44)39-32(45)42(17-25-27(38)18-43(33(46)47)29(25)34(2,3)4)30(35(5,6)48-7)31-40-28(24-15-23(36)13-14-26(24)37)19-41(31)16-22-11-9-8-10-12-22/h8-15,19,21,25,27,29-30,44H,16-18,20H2,1-7H3,(H,39,45)(H,46,47)/t21-,25-,27-,29?,30-/m0/s1. The minimum atomic E-state index is -1.61. The molecule has 5 atom stereocenters. The number of urea groups is 1. The van der Waals surface area contributed by atoms with Gasteiger partial charge in [0.25, 0.3) is 0 Å². The number of methoxy groups -OCH3 is 1. The maximum atomic E-state index is 16.0. The van der Waals surface area contributed by atoms with Crippen LogP contribution < -0.4 is 5.32 Å². The Labute approximate surface area is 279 Å². The van der Waals surface area contributed by atoms with Gasteiger partial charge in [0.15, 0.2) is 0 Å². The number of carbonyl (C=O) groups is 2. The summed E-state index contributed by atoms with van der Waals surface area (Å²) < 4.78 is 53.2. The highest BCUT2D eigenvalue weighted by atomic mass is 19.1. The molecule has 3 amide bonds. The number of rotatable bonds is 11. The summed E-state index contributed by atoms with van der Waals surface area (Å²) in [6, 6.07) is 9.16. The predicted octanol–water partition coefficient (Wildman–Crippen LogP) is 6.10. The van der Waals surface area contributed by atoms with Crippen molar-refractivity contribution in [2.24, 2.45) is 11.3 Å². The number of nitrogens with one attached hydrogen (secondary N) is 1. The van der Waals surface area contributed by atoms with Crippen LogP contribution in [0.3, 0.4) is 0 Å². The van der Waals surface area contributed by atoms with Crippen LogP contribution in [0, 0.1) is 23.0 Å². The van der Waals surface area contributed by atoms with Crippen LogP contribution in [0.2, 0.25) is 0 Å². The number of benzene rings is 2. The van der Waals surface area contributed by atoms with Gasteiger partial charge in [0.2, 0.25) is 0 Å². The number of halogens is 3. The molecular weight excluding hydrogens is 627 g/mol. The lowest BCUT2D eigenvalue weighted by molar-refractivity contribution is -0.0540. The third kappa shape index (κ3) is 7.95. The first-order chi connectivity index (χ1) is 22.5. The number of hydrogen-bond donors (Lipinski definition) is 3. The fraction of sp³-hybridized carbons (Fsp3) is 0.514. The van der Waals surface area contributed by atoms with E-state index in [-0.39, 0.29) is 43.3 Å². The van der Waals surface area contributed by atoms with E-state index in [0.29, 0.717) is 0 Å². The van der Waals surface area contributed by atoms with Crippen LogP contribution in [0.1, 0.15) is 59.0 Å². The maximum Gasteiger partial charge on any atom is 0.407 e. The van der Waals surface area contributed by atoms with Crippen molar-refractivity contribution in [3.8, 4) is 11.3 Å². The highest BCUT2D eigenvalue weighted by Crippen LogP contribution is 2.42. The van der Waals surface area contributed by atoms with Crippen molar-refractivity contribution in [1.82, 2.24) is 24.7 Å². The molecule has 3 aromatic rings. The molecule has 2 aromatic carbocycles. The number of alkyl halides is 1. The largest absolute Gasteiger partial charge is 0.465 e. The molecule has 0 aliphatic carbocycles. The lowest BCUT2D eigenvalue weighted by Crippen LogP contribution is -2.56. The number of aromatic nitrogens is 2. The summed E-state index contributed by atoms with van der Waals surface area (Å²) in [4.78, 5) is 33.8. The summed E-state index contributed by atoms with van der Waals surface area (Å²) in [5.74, 6) is -2.07. The van der Waals surface area contributed by atoms with E-state index in [1.165, 1.54) is 12.0 Å². The van der Waals surface area contributed by atoms with Crippen molar-refractivity contribution >= 4 is 12.1 Å². The molecule has 1 fully saturated rings. The van der Waals surface area contributed by atoms with Gasteiger partial charge in [0.05, 0.1) is 30.5 Å². The van der Waals surface area contributed by atoms with E-state index in [1.807, 2.05) is 51.1 Å². The molecule has 3 N–H and O–H groups in total. The summed E-state index contributed by atoms with van der Waals surface area (Å²) in [5, 5.41) is 22.6. The molecule has 4 rings (SSSR count). The summed E-state index contributed by atoms with van der Waals surface area (Å²) in [6.07, 6.45) is -1.30. The van der Waals surface area contributed by atoms with Gasteiger partial charge in [-0.15, -0.1) is 0 Å². The Hall–Kier alpha value is -4.10. The SMILES string of the molecule is COC(C)(C)[C@H](c1nc(-c2cc(F)ccc2F)cn1Cc1ccccc1)N(C[C@@H]1C(C(C)(C)C)N(C(=O)O)C[C@@H]1F)C(=O)N[C@@H](C)CO. The topological polar surface area (TPSA) is 120 Å². The normalized spacial score (nSPS) is 19.6. The zero-order valence-electron chi connectivity index (χ0n) is 28.5. The summed E-state index contributed by atoms with van der Waals surface area (Å²) >= 11 is 0. The fourth-order valence-electron chi connectivity index (χ4n) is 6.57. The van der Waals surface area contributed by atoms with Crippen LogP contribution in [0.4, 0.5) is 22.8 Å². The first kappa shape index (κ1) is 36.7. The summed E-state index contributed by atoms with van der Waals surface area (Å²) in [6.45, 7) is 9.74. The molecule has 0 radical (unpaired) electrons. The van der Waals surface area contributed by atoms with E-state index in [4.69, 9.17) is 9.72 Å². The van der Waals surface area contributed by atoms with E-state index in [1.54, 1.807) is 31.5 Å². The van der Waals surface area contributed by atoms with E-state index in [0.717, 1.165) is 28.7 Å². The minimum Gasteiger partial charge on any atom is -0.465 e. The first-order valence-electron chi connectivity index (χ1n) is 15.9. The van der Waals surface area contributed by atoms with Crippen LogP contribution in [0.5, 0.6) is 0 Å². The molecule has 10 nitrogen and oxygen atoms in total. The number of ether oxygens (including phenoxy) is 1. The van der Waals surface area contributed by atoms with Crippen LogP contribution in [-0.4, -0.2) is 92.4 Å². The van der Waals surface area contributed by atoms with Crippen LogP contribution >= 0.6 is 0 Å². The molecule has 2 heterocycles. The Morgan fingerprint density at radius 1 is 1.12 bits per heavy atom. The fourth-order valence-corrected chi connectivity index (χ4v) is 6.57. The highest BCUT2D eigenvalue weighted by molar-refractivity contribution is 5.75. The predicted molar refractivity (Wildman–Crippen MR) is 175 cm³/mol. The zero-order valence-corrected chi connectivity index (χ0v) is 28.5. The molecule has 13 heteroatoms. The van der Waals surface area contributed by atoms with Crippen molar-refractivity contribution < 1.29 is 37.7 Å². The van der Waals surface area contributed by atoms with Crippen LogP contribution in [0.25, 0.3) is 11.3 Å². The number of amides is 3. The number of hydrogen-bond acceptors (Lipinski definition) is 5. The third-order valence-electron chi connectivity index (χ3n) is 8.97. The van der Waals surface area contributed by atoms with Gasteiger partial charge in [-0.3, -0.25) is 0 Å². The second-order valence-corrected chi connectivity index (χ2v) is 14.0. The molecule has 1 saturated heterocycles. The van der Waals surface area contributed by atoms with E-state index < -0.39 is 65.0 Å². The quantitative estimate of drug-likeness (QED) is 0.227. The molecule has 48 heavy (non-hydrogen) atoms. The molecule has 1 unspecified atom stereocenters. The zero-order chi connectivity index (χ0) is 35.6. The monoisotopic (exact) mass is 673 g/mol. The molecule has 1 aliphatic heterocycles. The van der Waals surface area contributed by atoms with Gasteiger partial charge >= 0.3 is 12.1 Å². The molecule has 0 saturated carbocycles. The number of aliphatic hydroxyl groups is 1. The number of likely N-dealkylation sites (tertiary alicyclic amines) is 1. The van der Waals surface area contributed by atoms with Gasteiger partial charge < -0.3 is 34.6 Å². The second kappa shape index (κ2) is 14.6. The van der Waals surface area contributed by atoms with Gasteiger partial charge in [-0.25, -0.2) is 27.7 Å². The van der Waals surface area contributed by atoms with Gasteiger partial charge in [-0.1, -0.05) is 51.1 Å². The van der Waals surface area contributed by atoms with E-state index in [2.05, 4.69) is 5.32 Å². The summed E-state index contributed by atoms with van der Waals surface area (Å²) in [7, 11) is 1.45. The number of aliphatic hydroxyl groups excluding tert-OH is 1. The lowest BCUT2D eigenvalue weighted by Gasteiger charge is -2.44. The maximum absolute atomic E-state index is 16.0. The Kier molecular flexibility index (Phi) is 11.1. The Balaban J connectivity index is 1.96. The van der Waals surface area contributed by atoms with E-state index in [9.17, 15) is 24.2 Å². The number of carboxylic acid groups (broad SMARTS) is 1. The molecule has 0 bridgehead atoms. The van der Waals surface area contributed by atoms with Crippen molar-refractivity contribution in [2.45, 2.75) is 78.0 Å². The van der Waals surface area contributed by atoms with Crippen molar-refractivity contribution in [3.05, 3.63) is 77.8 Å². The molecule has 0 spiro atoms. The number of carbonyl (C=O) groups excluding carboxylic acids is 1. The van der Waals surface area contributed by atoms with Gasteiger partial charge in [0.1, 0.15) is 29.7 Å². The lowest BCUT2D eigenvalue weighted by atomic mass is 9.78. The smallest absolute Gasteiger partial charge is 0.407 e. The van der Waals surface area contributed by atoms with E-state index >= 15 is 8.78 Å². The van der Waals surface area contributed by atoms with Crippen molar-refractivity contribution in [3.63, 3.8) is 0 Å². The first-order valence-corrected chi connectivity index (χ1v) is 15.9. The highest BCUT2D eigenvalue weighted by Gasteiger charge is 2.52. The number of imidazole rings is 1.